The molecule has 2 aromatic carbocycles. The number of carbonyl (C=O) groups is 2. The van der Waals surface area contributed by atoms with E-state index in [1.54, 1.807) is 56.7 Å². The van der Waals surface area contributed by atoms with E-state index < -0.39 is 0 Å². The summed E-state index contributed by atoms with van der Waals surface area (Å²) in [6.07, 6.45) is 1.49. The summed E-state index contributed by atoms with van der Waals surface area (Å²) < 4.78 is 10.4. The van der Waals surface area contributed by atoms with E-state index in [9.17, 15) is 9.59 Å². The first-order chi connectivity index (χ1) is 13.0. The Bertz CT molecular complexity index is 878. The molecule has 3 rings (SSSR count). The van der Waals surface area contributed by atoms with E-state index in [1.807, 2.05) is 0 Å². The fourth-order valence-electron chi connectivity index (χ4n) is 2.63. The molecule has 0 aromatic heterocycles. The van der Waals surface area contributed by atoms with Gasteiger partial charge in [0, 0.05) is 22.3 Å². The zero-order valence-electron chi connectivity index (χ0n) is 14.9. The molecule has 8 heteroatoms. The Hall–Kier alpha value is -3.06. The first kappa shape index (κ1) is 18.7. The van der Waals surface area contributed by atoms with Crippen molar-refractivity contribution in [2.75, 3.05) is 32.2 Å². The number of hydrazone groups is 1. The Morgan fingerprint density at radius 2 is 1.70 bits per heavy atom. The number of halogens is 1. The molecule has 2 amide bonds. The Morgan fingerprint density at radius 3 is 2.33 bits per heavy atom. The molecule has 0 unspecified atom stereocenters. The summed E-state index contributed by atoms with van der Waals surface area (Å²) >= 11 is 5.97. The number of ether oxygens (including phenoxy) is 2. The number of hydrogen-bond donors (Lipinski definition) is 0. The topological polar surface area (TPSA) is 71.4 Å². The number of amides is 2. The maximum atomic E-state index is 12.4. The van der Waals surface area contributed by atoms with Gasteiger partial charge in [-0.1, -0.05) is 17.7 Å². The smallest absolute Gasteiger partial charge is 0.263 e. The zero-order valence-corrected chi connectivity index (χ0v) is 15.6. The van der Waals surface area contributed by atoms with Gasteiger partial charge in [0.1, 0.15) is 24.6 Å². The molecule has 0 atom stereocenters. The van der Waals surface area contributed by atoms with Crippen LogP contribution in [0.1, 0.15) is 5.56 Å². The van der Waals surface area contributed by atoms with E-state index in [0.717, 1.165) is 5.01 Å². The monoisotopic (exact) mass is 387 g/mol. The number of carbonyl (C=O) groups excluding carboxylic acids is 2. The van der Waals surface area contributed by atoms with Crippen molar-refractivity contribution in [1.82, 2.24) is 5.01 Å². The summed E-state index contributed by atoms with van der Waals surface area (Å²) in [5.74, 6) is 0.672. The van der Waals surface area contributed by atoms with Crippen LogP contribution in [0, 0.1) is 0 Å². The molecular weight excluding hydrogens is 370 g/mol. The predicted octanol–water partition coefficient (Wildman–Crippen LogP) is 2.57. The molecule has 0 aliphatic carbocycles. The quantitative estimate of drug-likeness (QED) is 0.739. The second-order valence-electron chi connectivity index (χ2n) is 5.80. The minimum absolute atomic E-state index is 0.0993. The third-order valence-electron chi connectivity index (χ3n) is 4.01. The largest absolute Gasteiger partial charge is 0.497 e. The molecule has 1 aliphatic rings. The van der Waals surface area contributed by atoms with Crippen LogP contribution in [0.4, 0.5) is 5.69 Å². The number of rotatable bonds is 5. The van der Waals surface area contributed by atoms with Crippen molar-refractivity contribution in [2.45, 2.75) is 0 Å². The summed E-state index contributed by atoms with van der Waals surface area (Å²) in [6.45, 7) is -0.249. The summed E-state index contributed by atoms with van der Waals surface area (Å²) in [7, 11) is 3.10. The van der Waals surface area contributed by atoms with Crippen LogP contribution >= 0.6 is 11.6 Å². The van der Waals surface area contributed by atoms with Crippen LogP contribution in [-0.4, -0.2) is 50.3 Å². The third kappa shape index (κ3) is 4.38. The predicted molar refractivity (Wildman–Crippen MR) is 103 cm³/mol. The van der Waals surface area contributed by atoms with Crippen LogP contribution in [-0.2, 0) is 9.59 Å². The highest BCUT2D eigenvalue weighted by molar-refractivity contribution is 6.31. The number of nitrogens with zero attached hydrogens (tertiary/aromatic N) is 3. The van der Waals surface area contributed by atoms with Gasteiger partial charge in [-0.2, -0.15) is 5.10 Å². The van der Waals surface area contributed by atoms with E-state index in [4.69, 9.17) is 21.1 Å². The number of piperazine rings is 1. The summed E-state index contributed by atoms with van der Waals surface area (Å²) in [6, 6.07) is 12.1. The van der Waals surface area contributed by atoms with Crippen molar-refractivity contribution in [2.24, 2.45) is 5.10 Å². The van der Waals surface area contributed by atoms with Crippen LogP contribution in [0.25, 0.3) is 0 Å². The minimum atomic E-state index is -0.291. The number of methoxy groups -OCH3 is 2. The molecule has 140 valence electrons. The lowest BCUT2D eigenvalue weighted by Crippen LogP contribution is -2.52. The van der Waals surface area contributed by atoms with Crippen LogP contribution in [0.15, 0.2) is 47.6 Å². The van der Waals surface area contributed by atoms with Crippen LogP contribution in [0.5, 0.6) is 11.5 Å². The maximum absolute atomic E-state index is 12.4. The van der Waals surface area contributed by atoms with E-state index in [2.05, 4.69) is 5.10 Å². The highest BCUT2D eigenvalue weighted by atomic mass is 35.5. The SMILES string of the molecule is COc1cc(C=NN2CC(=O)N(c3cccc(Cl)c3)CC2=O)cc(OC)c1. The molecule has 0 spiro atoms. The Labute approximate surface area is 161 Å². The molecular formula is C19H18ClN3O4. The molecule has 0 N–H and O–H groups in total. The first-order valence-corrected chi connectivity index (χ1v) is 8.51. The van der Waals surface area contributed by atoms with Gasteiger partial charge in [-0.25, -0.2) is 5.01 Å². The standard InChI is InChI=1S/C19H18ClN3O4/c1-26-16-6-13(7-17(9-16)27-2)10-21-23-12-18(24)22(11-19(23)25)15-5-3-4-14(20)8-15/h3-10H,11-12H2,1-2H3. The van der Waals surface area contributed by atoms with Gasteiger partial charge in [0.2, 0.25) is 5.91 Å². The molecule has 7 nitrogen and oxygen atoms in total. The van der Waals surface area contributed by atoms with Gasteiger partial charge in [0.05, 0.1) is 20.4 Å². The summed E-state index contributed by atoms with van der Waals surface area (Å²) in [4.78, 5) is 26.3. The lowest BCUT2D eigenvalue weighted by molar-refractivity contribution is -0.138. The highest BCUT2D eigenvalue weighted by Gasteiger charge is 2.30. The van der Waals surface area contributed by atoms with E-state index in [0.29, 0.717) is 27.8 Å². The van der Waals surface area contributed by atoms with Crippen molar-refractivity contribution in [3.63, 3.8) is 0 Å². The molecule has 1 aliphatic heterocycles. The van der Waals surface area contributed by atoms with Crippen LogP contribution in [0.3, 0.4) is 0 Å². The second-order valence-corrected chi connectivity index (χ2v) is 6.24. The van der Waals surface area contributed by atoms with Gasteiger partial charge in [-0.3, -0.25) is 9.59 Å². The van der Waals surface area contributed by atoms with Gasteiger partial charge in [0.25, 0.3) is 5.91 Å². The van der Waals surface area contributed by atoms with Crippen LogP contribution < -0.4 is 14.4 Å². The van der Waals surface area contributed by atoms with Crippen LogP contribution in [0.2, 0.25) is 5.02 Å². The zero-order chi connectivity index (χ0) is 19.4. The van der Waals surface area contributed by atoms with Gasteiger partial charge >= 0.3 is 0 Å². The van der Waals surface area contributed by atoms with Gasteiger partial charge in [0.15, 0.2) is 0 Å². The van der Waals surface area contributed by atoms with Crippen molar-refractivity contribution >= 4 is 35.3 Å². The third-order valence-corrected chi connectivity index (χ3v) is 4.24. The molecule has 0 saturated carbocycles. The average Bonchev–Trinajstić information content (AvgIpc) is 2.67. The second kappa shape index (κ2) is 8.09. The molecule has 27 heavy (non-hydrogen) atoms. The molecule has 0 radical (unpaired) electrons. The fourth-order valence-corrected chi connectivity index (χ4v) is 2.82. The normalized spacial score (nSPS) is 14.8. The van der Waals surface area contributed by atoms with Crippen molar-refractivity contribution in [1.29, 1.82) is 0 Å². The first-order valence-electron chi connectivity index (χ1n) is 8.13. The van der Waals surface area contributed by atoms with Gasteiger partial charge < -0.3 is 14.4 Å². The Kier molecular flexibility index (Phi) is 5.61. The van der Waals surface area contributed by atoms with E-state index in [-0.39, 0.29) is 24.9 Å². The molecule has 2 aromatic rings. The molecule has 1 saturated heterocycles. The average molecular weight is 388 g/mol. The Morgan fingerprint density at radius 1 is 1.00 bits per heavy atom. The highest BCUT2D eigenvalue weighted by Crippen LogP contribution is 2.23. The van der Waals surface area contributed by atoms with Crippen molar-refractivity contribution in [3.8, 4) is 11.5 Å². The molecule has 1 fully saturated rings. The fraction of sp³-hybridized carbons (Fsp3) is 0.211. The number of anilines is 1. The number of benzene rings is 2. The summed E-state index contributed by atoms with van der Waals surface area (Å²) in [5, 5.41) is 5.80. The maximum Gasteiger partial charge on any atom is 0.263 e. The lowest BCUT2D eigenvalue weighted by atomic mass is 10.2. The van der Waals surface area contributed by atoms with Crippen molar-refractivity contribution < 1.29 is 19.1 Å². The molecule has 1 heterocycles. The Balaban J connectivity index is 1.75. The van der Waals surface area contributed by atoms with E-state index in [1.165, 1.54) is 11.1 Å². The minimum Gasteiger partial charge on any atom is -0.497 e. The summed E-state index contributed by atoms with van der Waals surface area (Å²) in [5.41, 5.74) is 1.27. The lowest BCUT2D eigenvalue weighted by Gasteiger charge is -2.31. The van der Waals surface area contributed by atoms with Gasteiger partial charge in [-0.15, -0.1) is 0 Å². The number of hydrogen-bond acceptors (Lipinski definition) is 5. The van der Waals surface area contributed by atoms with Gasteiger partial charge in [-0.05, 0) is 30.3 Å². The molecule has 0 bridgehead atoms. The van der Waals surface area contributed by atoms with Crippen molar-refractivity contribution in [3.05, 3.63) is 53.1 Å². The van der Waals surface area contributed by atoms with E-state index >= 15 is 0 Å².